The molecule has 3 heteroatoms. The first kappa shape index (κ1) is 13.7. The van der Waals surface area contributed by atoms with E-state index in [1.165, 1.54) is 0 Å². The third-order valence-electron chi connectivity index (χ3n) is 4.52. The Kier molecular flexibility index (Phi) is 4.55. The molecule has 4 atom stereocenters. The second-order valence-electron chi connectivity index (χ2n) is 6.32. The maximum absolute atomic E-state index is 11.7. The third kappa shape index (κ3) is 3.64. The van der Waals surface area contributed by atoms with Gasteiger partial charge in [-0.1, -0.05) is 6.92 Å². The highest BCUT2D eigenvalue weighted by Crippen LogP contribution is 2.34. The molecule has 0 aromatic rings. The number of Topliss-reactive ketones (excluding diaryl/α,β-unsaturated/α-hetero) is 2. The van der Waals surface area contributed by atoms with Crippen molar-refractivity contribution in [3.63, 3.8) is 0 Å². The molecule has 0 heterocycles. The number of ketones is 2. The van der Waals surface area contributed by atoms with Crippen LogP contribution in [-0.2, 0) is 9.59 Å². The Labute approximate surface area is 109 Å². The van der Waals surface area contributed by atoms with Crippen molar-refractivity contribution in [2.24, 2.45) is 17.8 Å². The van der Waals surface area contributed by atoms with E-state index in [-0.39, 0.29) is 23.6 Å². The Hall–Kier alpha value is -0.700. The minimum absolute atomic E-state index is 0.0272. The zero-order valence-corrected chi connectivity index (χ0v) is 11.2. The van der Waals surface area contributed by atoms with Crippen LogP contribution in [0.2, 0.25) is 0 Å². The normalized spacial score (nSPS) is 37.9. The summed E-state index contributed by atoms with van der Waals surface area (Å²) in [5, 5.41) is 9.76. The molecular weight excluding hydrogens is 228 g/mol. The third-order valence-corrected chi connectivity index (χ3v) is 4.52. The fourth-order valence-corrected chi connectivity index (χ4v) is 3.60. The Balaban J connectivity index is 1.79. The minimum Gasteiger partial charge on any atom is -0.393 e. The molecule has 2 saturated carbocycles. The van der Waals surface area contributed by atoms with E-state index in [1.807, 2.05) is 0 Å². The lowest BCUT2D eigenvalue weighted by Crippen LogP contribution is -2.28. The summed E-state index contributed by atoms with van der Waals surface area (Å²) in [4.78, 5) is 23.1. The van der Waals surface area contributed by atoms with Gasteiger partial charge in [0.15, 0.2) is 0 Å². The van der Waals surface area contributed by atoms with Gasteiger partial charge >= 0.3 is 0 Å². The summed E-state index contributed by atoms with van der Waals surface area (Å²) in [6, 6.07) is 0. The first-order valence-corrected chi connectivity index (χ1v) is 7.27. The summed E-state index contributed by atoms with van der Waals surface area (Å²) < 4.78 is 0. The molecule has 2 aliphatic rings. The predicted octanol–water partition coefficient (Wildman–Crippen LogP) is 2.50. The molecule has 4 unspecified atom stereocenters. The fraction of sp³-hybridized carbons (Fsp3) is 0.867. The van der Waals surface area contributed by atoms with Crippen LogP contribution < -0.4 is 0 Å². The summed E-state index contributed by atoms with van der Waals surface area (Å²) >= 11 is 0. The summed E-state index contributed by atoms with van der Waals surface area (Å²) in [6.07, 6.45) is 5.98. The van der Waals surface area contributed by atoms with Crippen molar-refractivity contribution in [1.82, 2.24) is 0 Å². The van der Waals surface area contributed by atoms with Crippen molar-refractivity contribution in [2.75, 3.05) is 0 Å². The van der Waals surface area contributed by atoms with Crippen LogP contribution in [0.25, 0.3) is 0 Å². The van der Waals surface area contributed by atoms with Gasteiger partial charge in [0.1, 0.15) is 11.6 Å². The smallest absolute Gasteiger partial charge is 0.136 e. The van der Waals surface area contributed by atoms with Gasteiger partial charge < -0.3 is 5.11 Å². The molecule has 0 aromatic carbocycles. The van der Waals surface area contributed by atoms with Gasteiger partial charge in [0.2, 0.25) is 0 Å². The van der Waals surface area contributed by atoms with Crippen molar-refractivity contribution in [1.29, 1.82) is 0 Å². The number of hydrogen-bond acceptors (Lipinski definition) is 3. The Bertz CT molecular complexity index is 314. The van der Waals surface area contributed by atoms with E-state index in [2.05, 4.69) is 6.92 Å². The Morgan fingerprint density at radius 1 is 1.11 bits per heavy atom. The van der Waals surface area contributed by atoms with Gasteiger partial charge in [-0.15, -0.1) is 0 Å². The van der Waals surface area contributed by atoms with E-state index in [0.717, 1.165) is 32.1 Å². The highest BCUT2D eigenvalue weighted by atomic mass is 16.3. The highest BCUT2D eigenvalue weighted by Gasteiger charge is 2.30. The molecule has 0 aromatic heterocycles. The van der Waals surface area contributed by atoms with Crippen LogP contribution in [0.5, 0.6) is 0 Å². The molecule has 18 heavy (non-hydrogen) atoms. The van der Waals surface area contributed by atoms with Crippen LogP contribution in [-0.4, -0.2) is 22.8 Å². The van der Waals surface area contributed by atoms with E-state index >= 15 is 0 Å². The van der Waals surface area contributed by atoms with Crippen molar-refractivity contribution < 1.29 is 14.7 Å². The number of aliphatic hydroxyl groups is 1. The van der Waals surface area contributed by atoms with E-state index in [0.29, 0.717) is 31.1 Å². The Morgan fingerprint density at radius 2 is 1.89 bits per heavy atom. The number of hydrogen-bond donors (Lipinski definition) is 1. The molecule has 0 aliphatic heterocycles. The van der Waals surface area contributed by atoms with Gasteiger partial charge in [-0.25, -0.2) is 0 Å². The molecule has 1 N–H and O–H groups in total. The van der Waals surface area contributed by atoms with Gasteiger partial charge in [-0.3, -0.25) is 9.59 Å². The largest absolute Gasteiger partial charge is 0.393 e. The lowest BCUT2D eigenvalue weighted by molar-refractivity contribution is -0.133. The second-order valence-corrected chi connectivity index (χ2v) is 6.32. The average molecular weight is 252 g/mol. The standard InChI is InChI=1S/C15H24O3/c1-10-6-11(8-14(17)7-10)2-3-12-9-13(16)4-5-15(12)18/h10-12,14,17H,2-9H2,1H3. The fourth-order valence-electron chi connectivity index (χ4n) is 3.60. The molecule has 3 nitrogen and oxygen atoms in total. The van der Waals surface area contributed by atoms with Gasteiger partial charge in [-0.2, -0.15) is 0 Å². The zero-order chi connectivity index (χ0) is 13.1. The topological polar surface area (TPSA) is 54.4 Å². The monoisotopic (exact) mass is 252 g/mol. The maximum Gasteiger partial charge on any atom is 0.136 e. The molecule has 2 rings (SSSR count). The SMILES string of the molecule is CC1CC(O)CC(CCC2CC(=O)CCC2=O)C1. The molecule has 0 amide bonds. The maximum atomic E-state index is 11.7. The van der Waals surface area contributed by atoms with Crippen LogP contribution in [0, 0.1) is 17.8 Å². The number of aliphatic hydroxyl groups excluding tert-OH is 1. The molecule has 102 valence electrons. The van der Waals surface area contributed by atoms with Gasteiger partial charge in [0.05, 0.1) is 6.10 Å². The molecule has 2 aliphatic carbocycles. The van der Waals surface area contributed by atoms with Gasteiger partial charge in [0, 0.05) is 25.2 Å². The quantitative estimate of drug-likeness (QED) is 0.839. The average Bonchev–Trinajstić information content (AvgIpc) is 2.29. The van der Waals surface area contributed by atoms with E-state index < -0.39 is 0 Å². The van der Waals surface area contributed by atoms with Crippen LogP contribution >= 0.6 is 0 Å². The number of carbonyl (C=O) groups excluding carboxylic acids is 2. The van der Waals surface area contributed by atoms with Gasteiger partial charge in [-0.05, 0) is 43.9 Å². The molecule has 0 bridgehead atoms. The van der Waals surface area contributed by atoms with E-state index in [1.54, 1.807) is 0 Å². The van der Waals surface area contributed by atoms with Crippen LogP contribution in [0.1, 0.15) is 58.3 Å². The lowest BCUT2D eigenvalue weighted by Gasteiger charge is -2.31. The van der Waals surface area contributed by atoms with Crippen LogP contribution in [0.4, 0.5) is 0 Å². The molecular formula is C15H24O3. The van der Waals surface area contributed by atoms with Gasteiger partial charge in [0.25, 0.3) is 0 Å². The Morgan fingerprint density at radius 3 is 2.61 bits per heavy atom. The van der Waals surface area contributed by atoms with Crippen molar-refractivity contribution >= 4 is 11.6 Å². The van der Waals surface area contributed by atoms with Crippen molar-refractivity contribution in [3.05, 3.63) is 0 Å². The summed E-state index contributed by atoms with van der Waals surface area (Å²) in [6.45, 7) is 2.19. The zero-order valence-electron chi connectivity index (χ0n) is 11.2. The minimum atomic E-state index is -0.164. The summed E-state index contributed by atoms with van der Waals surface area (Å²) in [5.74, 6) is 1.62. The first-order valence-electron chi connectivity index (χ1n) is 7.27. The molecule has 0 spiro atoms. The number of carbonyl (C=O) groups is 2. The lowest BCUT2D eigenvalue weighted by atomic mass is 9.76. The summed E-state index contributed by atoms with van der Waals surface area (Å²) in [7, 11) is 0. The second kappa shape index (κ2) is 5.96. The van der Waals surface area contributed by atoms with Crippen molar-refractivity contribution in [2.45, 2.75) is 64.4 Å². The van der Waals surface area contributed by atoms with E-state index in [4.69, 9.17) is 0 Å². The molecule has 2 fully saturated rings. The highest BCUT2D eigenvalue weighted by molar-refractivity contribution is 5.94. The first-order chi connectivity index (χ1) is 8.54. The number of rotatable bonds is 3. The van der Waals surface area contributed by atoms with Crippen molar-refractivity contribution in [3.8, 4) is 0 Å². The predicted molar refractivity (Wildman–Crippen MR) is 69.1 cm³/mol. The van der Waals surface area contributed by atoms with Crippen LogP contribution in [0.15, 0.2) is 0 Å². The molecule has 0 radical (unpaired) electrons. The van der Waals surface area contributed by atoms with E-state index in [9.17, 15) is 14.7 Å². The summed E-state index contributed by atoms with van der Waals surface area (Å²) in [5.41, 5.74) is 0. The molecule has 0 saturated heterocycles. The van der Waals surface area contributed by atoms with Crippen LogP contribution in [0.3, 0.4) is 0 Å².